The number of rotatable bonds is 2. The smallest absolute Gasteiger partial charge is 0.328 e. The van der Waals surface area contributed by atoms with Crippen molar-refractivity contribution in [2.45, 2.75) is 6.42 Å². The van der Waals surface area contributed by atoms with E-state index < -0.39 is 0 Å². The molecule has 0 aromatic carbocycles. The fraction of sp³-hybridized carbons (Fsp3) is 0.400. The van der Waals surface area contributed by atoms with Crippen LogP contribution >= 0.6 is 0 Å². The van der Waals surface area contributed by atoms with E-state index in [1.807, 2.05) is 12.3 Å². The molecule has 2 fully saturated rings. The molecule has 0 unspecified atom stereocenters. The Morgan fingerprint density at radius 1 is 1.09 bits per heavy atom. The molecule has 23 heavy (non-hydrogen) atoms. The Morgan fingerprint density at radius 2 is 1.91 bits per heavy atom. The Morgan fingerprint density at radius 3 is 2.70 bits per heavy atom. The summed E-state index contributed by atoms with van der Waals surface area (Å²) in [4.78, 5) is 27.2. The number of aromatic nitrogens is 2. The quantitative estimate of drug-likeness (QED) is 0.827. The standard InChI is InChI=1S/C15H18N6O2/c22-14-3-6-20(15(23)18-14)13-9-17-21-10-11(1-2-12(13)21)19-7-4-16-5-8-19/h1-2,9-10,16H,3-8H2,(H,18,22,23). The first-order valence-corrected chi connectivity index (χ1v) is 7.77. The van der Waals surface area contributed by atoms with E-state index in [-0.39, 0.29) is 11.9 Å². The lowest BCUT2D eigenvalue weighted by molar-refractivity contribution is -0.120. The number of hydrogen-bond donors (Lipinski definition) is 2. The average Bonchev–Trinajstić information content (AvgIpc) is 2.99. The van der Waals surface area contributed by atoms with Gasteiger partial charge in [-0.3, -0.25) is 15.0 Å². The van der Waals surface area contributed by atoms with Crippen LogP contribution in [-0.2, 0) is 4.79 Å². The molecular weight excluding hydrogens is 296 g/mol. The average molecular weight is 314 g/mol. The number of carbonyl (C=O) groups excluding carboxylic acids is 2. The zero-order valence-electron chi connectivity index (χ0n) is 12.7. The SMILES string of the molecule is O=C1CCN(c2cnn3cc(N4CCNCC4)ccc23)C(=O)N1. The molecule has 2 N–H and O–H groups in total. The number of piperazine rings is 1. The first kappa shape index (κ1) is 14.0. The molecule has 2 aromatic heterocycles. The second-order valence-electron chi connectivity index (χ2n) is 5.74. The van der Waals surface area contributed by atoms with E-state index in [0.29, 0.717) is 13.0 Å². The highest BCUT2D eigenvalue weighted by atomic mass is 16.2. The number of fused-ring (bicyclic) bond motifs is 1. The number of anilines is 2. The van der Waals surface area contributed by atoms with Crippen LogP contribution in [0.1, 0.15) is 6.42 Å². The monoisotopic (exact) mass is 314 g/mol. The summed E-state index contributed by atoms with van der Waals surface area (Å²) >= 11 is 0. The number of pyridine rings is 1. The van der Waals surface area contributed by atoms with Gasteiger partial charge in [0.2, 0.25) is 5.91 Å². The summed E-state index contributed by atoms with van der Waals surface area (Å²) in [6, 6.07) is 3.64. The number of nitrogens with one attached hydrogen (secondary N) is 2. The van der Waals surface area contributed by atoms with E-state index in [9.17, 15) is 9.59 Å². The van der Waals surface area contributed by atoms with Crippen LogP contribution in [0.4, 0.5) is 16.2 Å². The van der Waals surface area contributed by atoms with Crippen LogP contribution < -0.4 is 20.4 Å². The summed E-state index contributed by atoms with van der Waals surface area (Å²) in [5, 5.41) is 10.0. The van der Waals surface area contributed by atoms with E-state index >= 15 is 0 Å². The molecule has 0 saturated carbocycles. The van der Waals surface area contributed by atoms with Gasteiger partial charge >= 0.3 is 6.03 Å². The molecule has 4 heterocycles. The summed E-state index contributed by atoms with van der Waals surface area (Å²) in [6.45, 7) is 4.27. The van der Waals surface area contributed by atoms with Crippen LogP contribution in [0.2, 0.25) is 0 Å². The molecule has 2 aliphatic rings. The van der Waals surface area contributed by atoms with Crippen LogP contribution in [0.25, 0.3) is 5.52 Å². The van der Waals surface area contributed by atoms with Crippen molar-refractivity contribution in [1.82, 2.24) is 20.2 Å². The van der Waals surface area contributed by atoms with Crippen LogP contribution in [-0.4, -0.2) is 54.3 Å². The molecule has 8 nitrogen and oxygen atoms in total. The number of carbonyl (C=O) groups is 2. The maximum Gasteiger partial charge on any atom is 0.328 e. The third-order valence-electron chi connectivity index (χ3n) is 4.31. The van der Waals surface area contributed by atoms with Gasteiger partial charge in [-0.05, 0) is 12.1 Å². The molecule has 8 heteroatoms. The van der Waals surface area contributed by atoms with Crippen LogP contribution in [0.15, 0.2) is 24.5 Å². The highest BCUT2D eigenvalue weighted by Crippen LogP contribution is 2.25. The van der Waals surface area contributed by atoms with Gasteiger partial charge in [0.15, 0.2) is 0 Å². The largest absolute Gasteiger partial charge is 0.368 e. The normalized spacial score (nSPS) is 19.3. The molecule has 0 spiro atoms. The number of imide groups is 1. The Bertz CT molecular complexity index is 764. The number of nitrogens with zero attached hydrogens (tertiary/aromatic N) is 4. The van der Waals surface area contributed by atoms with Crippen LogP contribution in [0.5, 0.6) is 0 Å². The van der Waals surface area contributed by atoms with E-state index in [1.54, 1.807) is 15.6 Å². The first-order valence-electron chi connectivity index (χ1n) is 7.77. The van der Waals surface area contributed by atoms with Crippen LogP contribution in [0.3, 0.4) is 0 Å². The lowest BCUT2D eigenvalue weighted by Gasteiger charge is -2.29. The van der Waals surface area contributed by atoms with Crippen molar-refractivity contribution < 1.29 is 9.59 Å². The maximum atomic E-state index is 12.0. The third kappa shape index (κ3) is 2.50. The molecule has 0 atom stereocenters. The van der Waals surface area contributed by atoms with E-state index in [2.05, 4.69) is 26.7 Å². The Balaban J connectivity index is 1.65. The minimum Gasteiger partial charge on any atom is -0.368 e. The summed E-state index contributed by atoms with van der Waals surface area (Å²) in [5.41, 5.74) is 2.70. The van der Waals surface area contributed by atoms with Gasteiger partial charge in [-0.25, -0.2) is 9.31 Å². The molecule has 3 amide bonds. The fourth-order valence-corrected chi connectivity index (χ4v) is 3.07. The van der Waals surface area contributed by atoms with Gasteiger partial charge in [0.25, 0.3) is 0 Å². The topological polar surface area (TPSA) is 82.0 Å². The number of urea groups is 1. The summed E-state index contributed by atoms with van der Waals surface area (Å²) in [6.07, 6.45) is 3.96. The number of amides is 3. The molecule has 0 radical (unpaired) electrons. The second kappa shape index (κ2) is 5.54. The highest BCUT2D eigenvalue weighted by molar-refractivity contribution is 6.07. The Hall–Kier alpha value is -2.61. The van der Waals surface area contributed by atoms with Crippen molar-refractivity contribution in [3.05, 3.63) is 24.5 Å². The Labute approximate surface area is 133 Å². The third-order valence-corrected chi connectivity index (χ3v) is 4.31. The zero-order chi connectivity index (χ0) is 15.8. The lowest BCUT2D eigenvalue weighted by atomic mass is 10.2. The molecule has 2 aromatic rings. The molecule has 2 aliphatic heterocycles. The minimum atomic E-state index is -0.387. The molecular formula is C15H18N6O2. The van der Waals surface area contributed by atoms with Gasteiger partial charge < -0.3 is 10.2 Å². The summed E-state index contributed by atoms with van der Waals surface area (Å²) in [7, 11) is 0. The number of hydrogen-bond acceptors (Lipinski definition) is 5. The Kier molecular flexibility index (Phi) is 3.38. The van der Waals surface area contributed by atoms with Crippen LogP contribution in [0, 0.1) is 0 Å². The van der Waals surface area contributed by atoms with E-state index in [1.165, 1.54) is 0 Å². The van der Waals surface area contributed by atoms with Crippen molar-refractivity contribution >= 4 is 28.8 Å². The van der Waals surface area contributed by atoms with Gasteiger partial charge in [-0.15, -0.1) is 0 Å². The van der Waals surface area contributed by atoms with Gasteiger partial charge in [-0.1, -0.05) is 0 Å². The van der Waals surface area contributed by atoms with Gasteiger partial charge in [0.1, 0.15) is 0 Å². The first-order chi connectivity index (χ1) is 11.2. The van der Waals surface area contributed by atoms with Crippen molar-refractivity contribution in [1.29, 1.82) is 0 Å². The van der Waals surface area contributed by atoms with Gasteiger partial charge in [0, 0.05) is 39.1 Å². The predicted molar refractivity (Wildman–Crippen MR) is 85.8 cm³/mol. The molecule has 0 aliphatic carbocycles. The predicted octanol–water partition coefficient (Wildman–Crippen LogP) is 0.190. The van der Waals surface area contributed by atoms with Crippen molar-refractivity contribution in [2.75, 3.05) is 42.5 Å². The fourth-order valence-electron chi connectivity index (χ4n) is 3.07. The highest BCUT2D eigenvalue weighted by Gasteiger charge is 2.26. The van der Waals surface area contributed by atoms with Crippen molar-refractivity contribution in [2.24, 2.45) is 0 Å². The zero-order valence-corrected chi connectivity index (χ0v) is 12.7. The molecule has 4 rings (SSSR count). The van der Waals surface area contributed by atoms with Gasteiger partial charge in [-0.2, -0.15) is 5.10 Å². The summed E-state index contributed by atoms with van der Waals surface area (Å²) in [5.74, 6) is -0.233. The van der Waals surface area contributed by atoms with Crippen molar-refractivity contribution in [3.63, 3.8) is 0 Å². The van der Waals surface area contributed by atoms with E-state index in [0.717, 1.165) is 43.1 Å². The molecule has 120 valence electrons. The molecule has 2 saturated heterocycles. The molecule has 0 bridgehead atoms. The maximum absolute atomic E-state index is 12.0. The van der Waals surface area contributed by atoms with Crippen molar-refractivity contribution in [3.8, 4) is 0 Å². The lowest BCUT2D eigenvalue weighted by Crippen LogP contribution is -2.49. The summed E-state index contributed by atoms with van der Waals surface area (Å²) < 4.78 is 1.79. The van der Waals surface area contributed by atoms with E-state index in [4.69, 9.17) is 0 Å². The van der Waals surface area contributed by atoms with Gasteiger partial charge in [0.05, 0.1) is 29.3 Å². The second-order valence-corrected chi connectivity index (χ2v) is 5.74. The minimum absolute atomic E-state index is 0.233.